The fraction of sp³-hybridized carbons (Fsp3) is 0.667. The van der Waals surface area contributed by atoms with Crippen molar-refractivity contribution in [1.82, 2.24) is 0 Å². The van der Waals surface area contributed by atoms with Crippen LogP contribution in [0.15, 0.2) is 10.5 Å². The van der Waals surface area contributed by atoms with Gasteiger partial charge in [0.25, 0.3) is 0 Å². The zero-order valence-corrected chi connectivity index (χ0v) is 7.73. The van der Waals surface area contributed by atoms with E-state index in [1.807, 2.05) is 0 Å². The Morgan fingerprint density at radius 3 is 2.92 bits per heavy atom. The van der Waals surface area contributed by atoms with Crippen molar-refractivity contribution in [3.63, 3.8) is 0 Å². The molecule has 0 spiro atoms. The van der Waals surface area contributed by atoms with Crippen LogP contribution >= 0.6 is 11.8 Å². The van der Waals surface area contributed by atoms with Crippen LogP contribution in [-0.2, 0) is 0 Å². The number of rotatable bonds is 0. The van der Waals surface area contributed by atoms with Crippen LogP contribution < -0.4 is 5.73 Å². The minimum absolute atomic E-state index is 0.00491. The summed E-state index contributed by atoms with van der Waals surface area (Å²) in [5.74, 6) is 0.00491. The highest BCUT2D eigenvalue weighted by atomic mass is 32.2. The van der Waals surface area contributed by atoms with Crippen molar-refractivity contribution in [2.75, 3.05) is 0 Å². The monoisotopic (exact) mass is 180 g/mol. The summed E-state index contributed by atoms with van der Waals surface area (Å²) in [4.78, 5) is 1.42. The molecule has 0 aromatic carbocycles. The number of thioether (sulfide) groups is 1. The number of hydrogen-bond acceptors (Lipinski definition) is 3. The van der Waals surface area contributed by atoms with E-state index in [-0.39, 0.29) is 11.3 Å². The first-order valence-corrected chi connectivity index (χ1v) is 5.24. The summed E-state index contributed by atoms with van der Waals surface area (Å²) in [6, 6.07) is 2.31. The average Bonchev–Trinajstić information content (AvgIpc) is 2.40. The average molecular weight is 180 g/mol. The van der Waals surface area contributed by atoms with E-state index in [1.54, 1.807) is 11.8 Å². The fourth-order valence-electron chi connectivity index (χ4n) is 1.95. The van der Waals surface area contributed by atoms with Gasteiger partial charge in [0.1, 0.15) is 0 Å². The van der Waals surface area contributed by atoms with Crippen LogP contribution in [0.4, 0.5) is 0 Å². The van der Waals surface area contributed by atoms with Crippen LogP contribution in [0.25, 0.3) is 0 Å². The Labute approximate surface area is 76.8 Å². The number of hydrogen-bond donors (Lipinski definition) is 1. The van der Waals surface area contributed by atoms with E-state index < -0.39 is 0 Å². The lowest BCUT2D eigenvalue weighted by molar-refractivity contribution is 0.629. The molecule has 0 aromatic rings. The molecule has 0 bridgehead atoms. The van der Waals surface area contributed by atoms with Gasteiger partial charge in [-0.05, 0) is 36.2 Å². The van der Waals surface area contributed by atoms with Crippen LogP contribution in [0.3, 0.4) is 0 Å². The molecule has 0 aromatic heterocycles. The van der Waals surface area contributed by atoms with Crippen molar-refractivity contribution in [3.05, 3.63) is 10.5 Å². The second kappa shape index (κ2) is 3.12. The van der Waals surface area contributed by atoms with E-state index in [0.717, 1.165) is 12.8 Å². The molecule has 0 radical (unpaired) electrons. The maximum absolute atomic E-state index is 8.90. The summed E-state index contributed by atoms with van der Waals surface area (Å²) < 4.78 is 0. The first-order valence-electron chi connectivity index (χ1n) is 4.36. The first-order chi connectivity index (χ1) is 5.83. The number of allylic oxidation sites excluding steroid dienone is 1. The highest BCUT2D eigenvalue weighted by Crippen LogP contribution is 2.46. The zero-order chi connectivity index (χ0) is 8.55. The van der Waals surface area contributed by atoms with Gasteiger partial charge in [-0.3, -0.25) is 0 Å². The Morgan fingerprint density at radius 1 is 1.42 bits per heavy atom. The Bertz CT molecular complexity index is 264. The van der Waals surface area contributed by atoms with Gasteiger partial charge in [-0.1, -0.05) is 0 Å². The van der Waals surface area contributed by atoms with Crippen LogP contribution in [0, 0.1) is 17.2 Å². The topological polar surface area (TPSA) is 49.8 Å². The maximum atomic E-state index is 8.90. The first kappa shape index (κ1) is 8.15. The lowest BCUT2D eigenvalue weighted by Gasteiger charge is -2.14. The Kier molecular flexibility index (Phi) is 2.12. The quantitative estimate of drug-likeness (QED) is 0.620. The highest BCUT2D eigenvalue weighted by Gasteiger charge is 2.33. The summed E-state index contributed by atoms with van der Waals surface area (Å²) in [6.07, 6.45) is 4.78. The molecule has 2 rings (SSSR count). The van der Waals surface area contributed by atoms with E-state index in [9.17, 15) is 0 Å². The van der Waals surface area contributed by atoms with Gasteiger partial charge >= 0.3 is 0 Å². The molecule has 1 heterocycles. The molecule has 12 heavy (non-hydrogen) atoms. The van der Waals surface area contributed by atoms with Gasteiger partial charge in [0.15, 0.2) is 0 Å². The van der Waals surface area contributed by atoms with Gasteiger partial charge < -0.3 is 5.73 Å². The standard InChI is InChI=1S/C9H12N2S/c10-5-7-6-3-1-2-4-8(6)12-9(7)11/h7,9H,1-4,11H2. The zero-order valence-electron chi connectivity index (χ0n) is 6.92. The van der Waals surface area contributed by atoms with Gasteiger partial charge in [0.2, 0.25) is 0 Å². The number of nitriles is 1. The molecule has 0 amide bonds. The van der Waals surface area contributed by atoms with E-state index >= 15 is 0 Å². The minimum Gasteiger partial charge on any atom is -0.318 e. The largest absolute Gasteiger partial charge is 0.318 e. The third kappa shape index (κ3) is 1.16. The third-order valence-corrected chi connectivity index (χ3v) is 3.87. The molecule has 2 atom stereocenters. The van der Waals surface area contributed by atoms with Crippen LogP contribution in [0.5, 0.6) is 0 Å². The van der Waals surface area contributed by atoms with Crippen molar-refractivity contribution in [2.24, 2.45) is 11.7 Å². The van der Waals surface area contributed by atoms with Crippen molar-refractivity contribution in [2.45, 2.75) is 31.1 Å². The summed E-state index contributed by atoms with van der Waals surface area (Å²) in [7, 11) is 0. The van der Waals surface area contributed by atoms with Gasteiger partial charge in [-0.2, -0.15) is 5.26 Å². The van der Waals surface area contributed by atoms with E-state index in [0.29, 0.717) is 0 Å². The molecule has 2 aliphatic rings. The molecule has 64 valence electrons. The molecular weight excluding hydrogens is 168 g/mol. The number of nitrogens with two attached hydrogens (primary N) is 1. The molecule has 0 saturated carbocycles. The van der Waals surface area contributed by atoms with Crippen molar-refractivity contribution < 1.29 is 0 Å². The van der Waals surface area contributed by atoms with Crippen LogP contribution in [0.2, 0.25) is 0 Å². The summed E-state index contributed by atoms with van der Waals surface area (Å²) >= 11 is 1.72. The molecule has 1 aliphatic carbocycles. The minimum atomic E-state index is 0.00491. The summed E-state index contributed by atoms with van der Waals surface area (Å²) in [5, 5.41) is 8.91. The predicted molar refractivity (Wildman–Crippen MR) is 50.2 cm³/mol. The lowest BCUT2D eigenvalue weighted by atomic mass is 9.90. The van der Waals surface area contributed by atoms with Crippen molar-refractivity contribution in [1.29, 1.82) is 5.26 Å². The SMILES string of the molecule is N#CC1C2=C(CCCC2)SC1N. The Balaban J connectivity index is 2.26. The Hall–Kier alpha value is -0.460. The van der Waals surface area contributed by atoms with Crippen LogP contribution in [0.1, 0.15) is 25.7 Å². The lowest BCUT2D eigenvalue weighted by Crippen LogP contribution is -2.22. The highest BCUT2D eigenvalue weighted by molar-refractivity contribution is 8.03. The van der Waals surface area contributed by atoms with Crippen LogP contribution in [-0.4, -0.2) is 5.37 Å². The van der Waals surface area contributed by atoms with Gasteiger partial charge in [0, 0.05) is 0 Å². The molecule has 2 nitrogen and oxygen atoms in total. The normalized spacial score (nSPS) is 34.7. The molecule has 1 aliphatic heterocycles. The van der Waals surface area contributed by atoms with Crippen molar-refractivity contribution in [3.8, 4) is 6.07 Å². The predicted octanol–water partition coefficient (Wildman–Crippen LogP) is 1.99. The number of nitrogens with zero attached hydrogens (tertiary/aromatic N) is 1. The van der Waals surface area contributed by atoms with E-state index in [4.69, 9.17) is 11.0 Å². The third-order valence-electron chi connectivity index (χ3n) is 2.58. The van der Waals surface area contributed by atoms with Gasteiger partial charge in [0.05, 0.1) is 17.4 Å². The molecule has 2 unspecified atom stereocenters. The van der Waals surface area contributed by atoms with Crippen molar-refractivity contribution >= 4 is 11.8 Å². The Morgan fingerprint density at radius 2 is 2.17 bits per heavy atom. The second-order valence-corrected chi connectivity index (χ2v) is 4.62. The van der Waals surface area contributed by atoms with Gasteiger partial charge in [-0.15, -0.1) is 11.8 Å². The van der Waals surface area contributed by atoms with E-state index in [2.05, 4.69) is 6.07 Å². The molecular formula is C9H12N2S. The summed E-state index contributed by atoms with van der Waals surface area (Å²) in [6.45, 7) is 0. The smallest absolute Gasteiger partial charge is 0.0931 e. The fourth-order valence-corrected chi connectivity index (χ4v) is 3.28. The van der Waals surface area contributed by atoms with E-state index in [1.165, 1.54) is 23.3 Å². The van der Waals surface area contributed by atoms with Gasteiger partial charge in [-0.25, -0.2) is 0 Å². The maximum Gasteiger partial charge on any atom is 0.0931 e. The molecule has 2 N–H and O–H groups in total. The summed E-state index contributed by atoms with van der Waals surface area (Å²) in [5.41, 5.74) is 7.20. The molecule has 0 saturated heterocycles. The molecule has 0 fully saturated rings. The molecule has 3 heteroatoms. The second-order valence-electron chi connectivity index (χ2n) is 3.34.